The molecule has 0 aromatic heterocycles. The third-order valence-corrected chi connectivity index (χ3v) is 17.5. The highest BCUT2D eigenvalue weighted by Crippen LogP contribution is 2.76. The van der Waals surface area contributed by atoms with Crippen molar-refractivity contribution in [1.82, 2.24) is 9.80 Å². The zero-order valence-electron chi connectivity index (χ0n) is 40.4. The number of fused-ring (bicyclic) bond motifs is 7. The number of esters is 2. The highest BCUT2D eigenvalue weighted by Gasteiger charge is 2.70. The van der Waals surface area contributed by atoms with E-state index in [-0.39, 0.29) is 63.9 Å². The van der Waals surface area contributed by atoms with Crippen LogP contribution in [0, 0.1) is 62.6 Å². The Morgan fingerprint density at radius 3 is 2.16 bits per heavy atom. The van der Waals surface area contributed by atoms with Crippen LogP contribution in [-0.4, -0.2) is 84.2 Å². The Kier molecular flexibility index (Phi) is 13.6. The van der Waals surface area contributed by atoms with Crippen molar-refractivity contribution >= 4 is 29.3 Å². The average Bonchev–Trinajstić information content (AvgIpc) is 3.48. The topological polar surface area (TPSA) is 96.4 Å². The summed E-state index contributed by atoms with van der Waals surface area (Å²) in [6, 6.07) is 8.06. The fourth-order valence-electron chi connectivity index (χ4n) is 14.2. The normalized spacial score (nSPS) is 34.2. The number of ketones is 1. The predicted molar refractivity (Wildman–Crippen MR) is 245 cm³/mol. The predicted octanol–water partition coefficient (Wildman–Crippen LogP) is 10.6. The number of nitrogens with zero attached hydrogens (tertiary/aromatic N) is 2. The first-order valence-electron chi connectivity index (χ1n) is 23.6. The molecule has 4 fully saturated rings. The van der Waals surface area contributed by atoms with Gasteiger partial charge in [0.1, 0.15) is 11.7 Å². The molecule has 61 heavy (non-hydrogen) atoms. The van der Waals surface area contributed by atoms with E-state index in [1.807, 2.05) is 32.9 Å². The number of Topliss-reactive ketones (excluding diaryl/α,β-unsaturated/α-hetero) is 1. The number of hydrogen-bond donors (Lipinski definition) is 1. The Balaban J connectivity index is 1.27. The van der Waals surface area contributed by atoms with Crippen molar-refractivity contribution in [1.29, 1.82) is 0 Å². The standard InChI is InChI=1S/C52H81ClN2O6/c1-32(2)44-38(56)27-35-36(39(57)31-55(26-25-54(13)14)30-33-15-17-34(53)18-16-33)28-52(12)37(45(35)44)19-20-41-50(10)23-22-42(49(8,9)40(50)21-24-51(41,52)11)60-43(58)29-48(6,7)46(59)61-47(3,4)5/h15-18,32,35-37,39-42,57H,19-31H2,1-14H3/t35?,36-,37+,39-,40-,41+,42-,50-,51+,52+/m0/s1. The minimum Gasteiger partial charge on any atom is -0.462 e. The molecular weight excluding hydrogens is 784 g/mol. The molecule has 0 saturated heterocycles. The number of aliphatic hydroxyl groups is 1. The summed E-state index contributed by atoms with van der Waals surface area (Å²) in [7, 11) is 4.19. The number of benzene rings is 1. The maximum absolute atomic E-state index is 14.1. The quantitative estimate of drug-likeness (QED) is 0.196. The number of carbonyl (C=O) groups is 3. The van der Waals surface area contributed by atoms with Gasteiger partial charge in [-0.1, -0.05) is 77.8 Å². The van der Waals surface area contributed by atoms with Gasteiger partial charge in [-0.3, -0.25) is 19.3 Å². The molecule has 1 unspecified atom stereocenters. The minimum absolute atomic E-state index is 0.00418. The van der Waals surface area contributed by atoms with Gasteiger partial charge in [-0.25, -0.2) is 0 Å². The lowest BCUT2D eigenvalue weighted by molar-refractivity contribution is -0.237. The van der Waals surface area contributed by atoms with Crippen LogP contribution >= 0.6 is 11.6 Å². The van der Waals surface area contributed by atoms with E-state index >= 15 is 0 Å². The molecule has 5 aliphatic rings. The number of aliphatic hydroxyl groups excluding tert-OH is 1. The van der Waals surface area contributed by atoms with E-state index in [1.54, 1.807) is 13.8 Å². The lowest BCUT2D eigenvalue weighted by Gasteiger charge is -2.72. The van der Waals surface area contributed by atoms with Gasteiger partial charge in [0.05, 0.1) is 17.9 Å². The fourth-order valence-corrected chi connectivity index (χ4v) is 14.3. The summed E-state index contributed by atoms with van der Waals surface area (Å²) in [5, 5.41) is 13.4. The fraction of sp³-hybridized carbons (Fsp3) is 0.788. The molecule has 5 aliphatic carbocycles. The Hall–Kier alpha value is -2.26. The summed E-state index contributed by atoms with van der Waals surface area (Å²) in [4.78, 5) is 45.4. The Labute approximate surface area is 374 Å². The molecular formula is C52H81ClN2O6. The van der Waals surface area contributed by atoms with Crippen LogP contribution in [0.5, 0.6) is 0 Å². The largest absolute Gasteiger partial charge is 0.462 e. The lowest BCUT2D eigenvalue weighted by Crippen LogP contribution is -2.66. The van der Waals surface area contributed by atoms with Gasteiger partial charge in [0.2, 0.25) is 0 Å². The van der Waals surface area contributed by atoms with Crippen LogP contribution in [0.2, 0.25) is 5.02 Å². The molecule has 0 spiro atoms. The summed E-state index contributed by atoms with van der Waals surface area (Å²) >= 11 is 6.27. The summed E-state index contributed by atoms with van der Waals surface area (Å²) in [5.74, 6) is 0.947. The van der Waals surface area contributed by atoms with E-state index in [0.29, 0.717) is 36.5 Å². The number of rotatable bonds is 13. The van der Waals surface area contributed by atoms with Gasteiger partial charge in [0.15, 0.2) is 5.78 Å². The number of carbonyl (C=O) groups excluding carboxylic acids is 3. The van der Waals surface area contributed by atoms with Crippen molar-refractivity contribution in [3.63, 3.8) is 0 Å². The van der Waals surface area contributed by atoms with Crippen LogP contribution in [0.3, 0.4) is 0 Å². The maximum Gasteiger partial charge on any atom is 0.312 e. The highest BCUT2D eigenvalue weighted by atomic mass is 35.5. The number of halogens is 1. The summed E-state index contributed by atoms with van der Waals surface area (Å²) in [5.41, 5.74) is 1.70. The second-order valence-corrected chi connectivity index (χ2v) is 24.3. The van der Waals surface area contributed by atoms with Gasteiger partial charge < -0.3 is 19.5 Å². The van der Waals surface area contributed by atoms with Crippen molar-refractivity contribution in [3.8, 4) is 0 Å². The van der Waals surface area contributed by atoms with Gasteiger partial charge in [0.25, 0.3) is 0 Å². The molecule has 342 valence electrons. The number of hydrogen-bond acceptors (Lipinski definition) is 8. The average molecular weight is 866 g/mol. The number of allylic oxidation sites excluding steroid dienone is 2. The zero-order valence-corrected chi connectivity index (χ0v) is 41.1. The number of ether oxygens (including phenoxy) is 2. The van der Waals surface area contributed by atoms with E-state index in [4.69, 9.17) is 21.1 Å². The van der Waals surface area contributed by atoms with E-state index in [0.717, 1.165) is 75.2 Å². The van der Waals surface area contributed by atoms with Gasteiger partial charge in [0, 0.05) is 43.0 Å². The Morgan fingerprint density at radius 1 is 0.902 bits per heavy atom. The van der Waals surface area contributed by atoms with Crippen molar-refractivity contribution in [2.24, 2.45) is 62.6 Å². The third-order valence-electron chi connectivity index (χ3n) is 17.3. The monoisotopic (exact) mass is 865 g/mol. The summed E-state index contributed by atoms with van der Waals surface area (Å²) in [6.07, 6.45) is 6.69. The van der Waals surface area contributed by atoms with Crippen LogP contribution in [0.15, 0.2) is 35.4 Å². The molecule has 6 rings (SSSR count). The van der Waals surface area contributed by atoms with Crippen molar-refractivity contribution in [3.05, 3.63) is 46.0 Å². The second kappa shape index (κ2) is 17.3. The van der Waals surface area contributed by atoms with Crippen molar-refractivity contribution in [2.45, 2.75) is 165 Å². The van der Waals surface area contributed by atoms with Gasteiger partial charge >= 0.3 is 11.9 Å². The SMILES string of the molecule is CC(C)C1=C2C(CC1=O)[C@@H]([C@@H](O)CN(CCN(C)C)Cc1ccc(Cl)cc1)C[C@]1(C)[C@@H]2CC[C@@H]2[C@@]3(C)CC[C@H](OC(=O)CC(C)(C)C(=O)OC(C)(C)C)C(C)(C)[C@@H]3CC[C@]21C. The van der Waals surface area contributed by atoms with Crippen LogP contribution in [0.4, 0.5) is 0 Å². The number of likely N-dealkylation sites (N-methyl/N-ethyl adjacent to an activating group) is 1. The molecule has 4 saturated carbocycles. The molecule has 0 amide bonds. The Morgan fingerprint density at radius 2 is 1.56 bits per heavy atom. The van der Waals surface area contributed by atoms with Crippen LogP contribution in [0.25, 0.3) is 0 Å². The summed E-state index contributed by atoms with van der Waals surface area (Å²) < 4.78 is 12.1. The molecule has 8 nitrogen and oxygen atoms in total. The van der Waals surface area contributed by atoms with Crippen LogP contribution in [0.1, 0.15) is 146 Å². The first-order chi connectivity index (χ1) is 28.1. The molecule has 10 atom stereocenters. The second-order valence-electron chi connectivity index (χ2n) is 23.9. The maximum atomic E-state index is 14.1. The smallest absolute Gasteiger partial charge is 0.312 e. The molecule has 0 bridgehead atoms. The molecule has 0 heterocycles. The molecule has 0 radical (unpaired) electrons. The molecule has 1 N–H and O–H groups in total. The van der Waals surface area contributed by atoms with Crippen molar-refractivity contribution < 1.29 is 29.0 Å². The van der Waals surface area contributed by atoms with Crippen LogP contribution < -0.4 is 0 Å². The molecule has 1 aromatic carbocycles. The van der Waals surface area contributed by atoms with Gasteiger partial charge in [-0.2, -0.15) is 0 Å². The zero-order chi connectivity index (χ0) is 45.2. The molecule has 0 aliphatic heterocycles. The minimum atomic E-state index is -0.987. The van der Waals surface area contributed by atoms with Crippen LogP contribution in [-0.2, 0) is 30.4 Å². The van der Waals surface area contributed by atoms with E-state index < -0.39 is 17.1 Å². The first kappa shape index (κ1) is 48.2. The Bertz CT molecular complexity index is 1830. The summed E-state index contributed by atoms with van der Waals surface area (Å²) in [6.45, 7) is 28.8. The van der Waals surface area contributed by atoms with Crippen molar-refractivity contribution in [2.75, 3.05) is 33.7 Å². The highest BCUT2D eigenvalue weighted by molar-refractivity contribution is 6.30. The third kappa shape index (κ3) is 9.19. The van der Waals surface area contributed by atoms with E-state index in [9.17, 15) is 19.5 Å². The van der Waals surface area contributed by atoms with Gasteiger partial charge in [-0.05, 0) is 169 Å². The molecule has 1 aromatic rings. The van der Waals surface area contributed by atoms with E-state index in [1.165, 1.54) is 11.1 Å². The lowest BCUT2D eigenvalue weighted by atomic mass is 9.33. The van der Waals surface area contributed by atoms with Gasteiger partial charge in [-0.15, -0.1) is 0 Å². The first-order valence-corrected chi connectivity index (χ1v) is 24.0. The van der Waals surface area contributed by atoms with E-state index in [2.05, 4.69) is 84.5 Å². The molecule has 9 heteroatoms.